The van der Waals surface area contributed by atoms with E-state index in [9.17, 15) is 0 Å². The summed E-state index contributed by atoms with van der Waals surface area (Å²) in [5, 5.41) is 3.40. The van der Waals surface area contributed by atoms with Gasteiger partial charge in [0.25, 0.3) is 0 Å². The summed E-state index contributed by atoms with van der Waals surface area (Å²) in [7, 11) is 0. The Hall–Kier alpha value is -2.73. The molecule has 2 fully saturated rings. The Bertz CT molecular complexity index is 1190. The van der Waals surface area contributed by atoms with Gasteiger partial charge in [0, 0.05) is 63.7 Å². The molecule has 1 N–H and O–H groups in total. The minimum atomic E-state index is 0.337. The molecule has 1 aliphatic heterocycles. The topological polar surface area (TPSA) is 46.6 Å². The van der Waals surface area contributed by atoms with Crippen LogP contribution in [0.2, 0.25) is 0 Å². The second kappa shape index (κ2) is 12.4. The van der Waals surface area contributed by atoms with Gasteiger partial charge in [-0.15, -0.1) is 0 Å². The van der Waals surface area contributed by atoms with E-state index in [4.69, 9.17) is 9.47 Å². The number of aryl methyl sites for hydroxylation is 2. The molecule has 6 rings (SSSR count). The van der Waals surface area contributed by atoms with Gasteiger partial charge < -0.3 is 14.8 Å². The molecule has 1 aromatic heterocycles. The van der Waals surface area contributed by atoms with Crippen LogP contribution in [0, 0.1) is 5.92 Å². The number of rotatable bonds is 8. The number of pyridine rings is 1. The Morgan fingerprint density at radius 3 is 2.79 bits per heavy atom. The number of nitrogens with zero attached hydrogens (tertiary/aromatic N) is 2. The summed E-state index contributed by atoms with van der Waals surface area (Å²) in [6.07, 6.45) is 20.9. The fraction of sp³-hybridized carbons (Fsp3) is 0.485. The fourth-order valence-electron chi connectivity index (χ4n) is 6.14. The zero-order chi connectivity index (χ0) is 25.6. The summed E-state index contributed by atoms with van der Waals surface area (Å²) >= 11 is 0. The molecule has 3 aliphatic carbocycles. The van der Waals surface area contributed by atoms with E-state index < -0.39 is 0 Å². The first kappa shape index (κ1) is 25.5. The van der Waals surface area contributed by atoms with Crippen molar-refractivity contribution in [2.24, 2.45) is 5.92 Å². The fourth-order valence-corrected chi connectivity index (χ4v) is 6.14. The molecule has 0 atom stereocenters. The van der Waals surface area contributed by atoms with Crippen molar-refractivity contribution >= 4 is 5.57 Å². The van der Waals surface area contributed by atoms with E-state index in [1.165, 1.54) is 39.8 Å². The third-order valence-corrected chi connectivity index (χ3v) is 8.46. The van der Waals surface area contributed by atoms with Gasteiger partial charge in [-0.2, -0.15) is 0 Å². The molecule has 4 aliphatic rings. The van der Waals surface area contributed by atoms with Crippen LogP contribution in [0.4, 0.5) is 0 Å². The van der Waals surface area contributed by atoms with Gasteiger partial charge >= 0.3 is 0 Å². The standard InChI is InChI=1S/C33H41N3O2/c1-2-7-30(38-31-20-25(21-31)24-37-19-18-36-16-14-34-15-17-36)10-8-26(4-1)28-9-11-32-29(22-28)6-3-5-27-12-13-35-23-33(27)32/h1,4,8-13,22-23,25,31,34H,2-3,5-7,14-21,24H2/b4-1-,26-8+,30-10+/t25-,31+. The molecular formula is C33H41N3O2. The molecule has 2 aromatic rings. The third kappa shape index (κ3) is 6.28. The van der Waals surface area contributed by atoms with Crippen molar-refractivity contribution in [3.8, 4) is 11.1 Å². The van der Waals surface area contributed by atoms with Gasteiger partial charge in [0.05, 0.1) is 18.5 Å². The van der Waals surface area contributed by atoms with Crippen molar-refractivity contribution in [2.45, 2.75) is 51.0 Å². The lowest BCUT2D eigenvalue weighted by molar-refractivity contribution is -0.0327. The van der Waals surface area contributed by atoms with E-state index in [1.54, 1.807) is 0 Å². The minimum absolute atomic E-state index is 0.337. The van der Waals surface area contributed by atoms with Crippen molar-refractivity contribution in [3.05, 3.63) is 83.4 Å². The Labute approximate surface area is 227 Å². The summed E-state index contributed by atoms with van der Waals surface area (Å²) in [6, 6.07) is 9.14. The van der Waals surface area contributed by atoms with E-state index in [0.717, 1.165) is 90.2 Å². The number of allylic oxidation sites excluding steroid dienone is 6. The predicted molar refractivity (Wildman–Crippen MR) is 154 cm³/mol. The van der Waals surface area contributed by atoms with E-state index in [2.05, 4.69) is 63.8 Å². The van der Waals surface area contributed by atoms with E-state index in [0.29, 0.717) is 12.0 Å². The Balaban J connectivity index is 1.03. The predicted octanol–water partition coefficient (Wildman–Crippen LogP) is 5.57. The minimum Gasteiger partial charge on any atom is -0.495 e. The largest absolute Gasteiger partial charge is 0.495 e. The van der Waals surface area contributed by atoms with Gasteiger partial charge in [0.1, 0.15) is 0 Å². The summed E-state index contributed by atoms with van der Waals surface area (Å²) in [5.41, 5.74) is 8.04. The highest BCUT2D eigenvalue weighted by atomic mass is 16.5. The van der Waals surface area contributed by atoms with Crippen LogP contribution in [0.1, 0.15) is 48.8 Å². The van der Waals surface area contributed by atoms with Crippen LogP contribution in [-0.2, 0) is 22.3 Å². The number of aromatic nitrogens is 1. The highest BCUT2D eigenvalue weighted by molar-refractivity contribution is 5.79. The summed E-state index contributed by atoms with van der Waals surface area (Å²) < 4.78 is 12.4. The van der Waals surface area contributed by atoms with E-state index in [-0.39, 0.29) is 0 Å². The maximum Gasteiger partial charge on any atom is 0.0989 e. The zero-order valence-corrected chi connectivity index (χ0v) is 22.5. The van der Waals surface area contributed by atoms with Gasteiger partial charge in [-0.25, -0.2) is 0 Å². The Kier molecular flexibility index (Phi) is 8.35. The molecule has 5 nitrogen and oxygen atoms in total. The number of piperazine rings is 1. The normalized spacial score (nSPS) is 27.2. The highest BCUT2D eigenvalue weighted by Crippen LogP contribution is 2.35. The zero-order valence-electron chi connectivity index (χ0n) is 22.5. The van der Waals surface area contributed by atoms with Crippen LogP contribution in [-0.4, -0.2) is 61.9 Å². The van der Waals surface area contributed by atoms with Crippen molar-refractivity contribution in [3.63, 3.8) is 0 Å². The summed E-state index contributed by atoms with van der Waals surface area (Å²) in [6.45, 7) is 7.26. The van der Waals surface area contributed by atoms with Crippen molar-refractivity contribution < 1.29 is 9.47 Å². The van der Waals surface area contributed by atoms with Crippen LogP contribution < -0.4 is 5.32 Å². The van der Waals surface area contributed by atoms with Gasteiger partial charge in [0.15, 0.2) is 0 Å². The number of ether oxygens (including phenoxy) is 2. The van der Waals surface area contributed by atoms with Crippen LogP contribution in [0.15, 0.2) is 66.7 Å². The molecule has 0 bridgehead atoms. The van der Waals surface area contributed by atoms with Crippen molar-refractivity contribution in [2.75, 3.05) is 45.9 Å². The first-order chi connectivity index (χ1) is 18.8. The maximum absolute atomic E-state index is 6.43. The molecule has 0 amide bonds. The molecule has 38 heavy (non-hydrogen) atoms. The summed E-state index contributed by atoms with van der Waals surface area (Å²) in [4.78, 5) is 6.89. The van der Waals surface area contributed by atoms with Crippen molar-refractivity contribution in [1.82, 2.24) is 15.2 Å². The van der Waals surface area contributed by atoms with Crippen LogP contribution >= 0.6 is 0 Å². The number of benzene rings is 1. The van der Waals surface area contributed by atoms with Gasteiger partial charge in [-0.3, -0.25) is 9.88 Å². The average Bonchev–Trinajstić information content (AvgIpc) is 3.10. The molecular weight excluding hydrogens is 470 g/mol. The summed E-state index contributed by atoms with van der Waals surface area (Å²) in [5.74, 6) is 1.76. The van der Waals surface area contributed by atoms with Gasteiger partial charge in [-0.05, 0) is 84.4 Å². The van der Waals surface area contributed by atoms with Gasteiger partial charge in [0.2, 0.25) is 0 Å². The number of fused-ring (bicyclic) bond motifs is 3. The quantitative estimate of drug-likeness (QED) is 0.470. The third-order valence-electron chi connectivity index (χ3n) is 8.46. The molecule has 1 saturated heterocycles. The second-order valence-corrected chi connectivity index (χ2v) is 11.2. The molecule has 2 heterocycles. The lowest BCUT2D eigenvalue weighted by Gasteiger charge is -2.36. The van der Waals surface area contributed by atoms with Crippen LogP contribution in [0.5, 0.6) is 0 Å². The molecule has 200 valence electrons. The smallest absolute Gasteiger partial charge is 0.0989 e. The van der Waals surface area contributed by atoms with Crippen LogP contribution in [0.3, 0.4) is 0 Å². The Morgan fingerprint density at radius 1 is 0.974 bits per heavy atom. The molecule has 1 saturated carbocycles. The second-order valence-electron chi connectivity index (χ2n) is 11.2. The highest BCUT2D eigenvalue weighted by Gasteiger charge is 2.31. The first-order valence-electron chi connectivity index (χ1n) is 14.6. The van der Waals surface area contributed by atoms with Crippen LogP contribution in [0.25, 0.3) is 16.7 Å². The van der Waals surface area contributed by atoms with Crippen molar-refractivity contribution in [1.29, 1.82) is 0 Å². The number of nitrogens with one attached hydrogen (secondary N) is 1. The monoisotopic (exact) mass is 511 g/mol. The molecule has 0 unspecified atom stereocenters. The molecule has 1 aromatic carbocycles. The lowest BCUT2D eigenvalue weighted by Crippen LogP contribution is -2.44. The molecule has 0 spiro atoms. The first-order valence-corrected chi connectivity index (χ1v) is 14.6. The number of hydrogen-bond acceptors (Lipinski definition) is 5. The average molecular weight is 512 g/mol. The Morgan fingerprint density at radius 2 is 1.87 bits per heavy atom. The molecule has 5 heteroatoms. The molecule has 0 radical (unpaired) electrons. The van der Waals surface area contributed by atoms with E-state index in [1.807, 2.05) is 12.4 Å². The maximum atomic E-state index is 6.43. The van der Waals surface area contributed by atoms with E-state index >= 15 is 0 Å². The number of hydrogen-bond donors (Lipinski definition) is 1. The SMILES string of the molecule is C1=C/C(c2ccc3c(c2)CCCc2ccncc2-3)=C\C=C(\O[C@H]2C[C@@H](COCCN3CCNCC3)C2)CC\1. The van der Waals surface area contributed by atoms with Gasteiger partial charge in [-0.1, -0.05) is 36.4 Å². The lowest BCUT2D eigenvalue weighted by atomic mass is 9.83.